The van der Waals surface area contributed by atoms with Crippen LogP contribution in [0, 0.1) is 0 Å². The van der Waals surface area contributed by atoms with Crippen LogP contribution in [0.1, 0.15) is 19.8 Å². The highest BCUT2D eigenvalue weighted by Gasteiger charge is 2.14. The van der Waals surface area contributed by atoms with E-state index in [0.717, 1.165) is 4.47 Å². The number of carbonyl (C=O) groups is 2. The molecule has 0 saturated heterocycles. The molecule has 1 aromatic carbocycles. The van der Waals surface area contributed by atoms with Gasteiger partial charge in [-0.1, -0.05) is 34.5 Å². The Hall–Kier alpha value is -1.27. The third-order valence-corrected chi connectivity index (χ3v) is 3.25. The first-order chi connectivity index (χ1) is 8.92. The Morgan fingerprint density at radius 3 is 2.74 bits per heavy atom. The van der Waals surface area contributed by atoms with E-state index < -0.39 is 18.0 Å². The predicted octanol–water partition coefficient (Wildman–Crippen LogP) is 3.48. The molecule has 1 rings (SSSR count). The third-order valence-electron chi connectivity index (χ3n) is 2.43. The molecule has 19 heavy (non-hydrogen) atoms. The first-order valence-electron chi connectivity index (χ1n) is 5.66. The Morgan fingerprint density at radius 2 is 2.16 bits per heavy atom. The van der Waals surface area contributed by atoms with Gasteiger partial charge in [-0.2, -0.15) is 0 Å². The van der Waals surface area contributed by atoms with Crippen molar-refractivity contribution in [1.82, 2.24) is 5.32 Å². The van der Waals surface area contributed by atoms with Crippen molar-refractivity contribution in [3.63, 3.8) is 0 Å². The summed E-state index contributed by atoms with van der Waals surface area (Å²) >= 11 is 9.21. The molecule has 104 valence electrons. The van der Waals surface area contributed by atoms with Crippen LogP contribution in [0.2, 0.25) is 5.02 Å². The molecule has 1 atom stereocenters. The molecule has 0 radical (unpaired) electrons. The molecule has 1 unspecified atom stereocenters. The second-order valence-corrected chi connectivity index (χ2v) is 5.25. The van der Waals surface area contributed by atoms with Gasteiger partial charge in [0.05, 0.1) is 17.1 Å². The quantitative estimate of drug-likeness (QED) is 0.761. The number of nitrogens with one attached hydrogen (secondary N) is 2. The van der Waals surface area contributed by atoms with Gasteiger partial charge in [0.25, 0.3) is 0 Å². The lowest BCUT2D eigenvalue weighted by atomic mass is 10.1. The average molecular weight is 350 g/mol. The summed E-state index contributed by atoms with van der Waals surface area (Å²) in [5.41, 5.74) is 0.457. The van der Waals surface area contributed by atoms with Crippen molar-refractivity contribution in [2.45, 2.75) is 25.8 Å². The highest BCUT2D eigenvalue weighted by Crippen LogP contribution is 2.25. The van der Waals surface area contributed by atoms with Crippen LogP contribution in [0.4, 0.5) is 10.5 Å². The fourth-order valence-corrected chi connectivity index (χ4v) is 1.97. The molecule has 1 aromatic rings. The van der Waals surface area contributed by atoms with Gasteiger partial charge in [-0.15, -0.1) is 0 Å². The van der Waals surface area contributed by atoms with Crippen molar-refractivity contribution in [3.05, 3.63) is 27.7 Å². The van der Waals surface area contributed by atoms with Crippen molar-refractivity contribution in [1.29, 1.82) is 0 Å². The lowest BCUT2D eigenvalue weighted by molar-refractivity contribution is -0.137. The molecule has 0 bridgehead atoms. The molecule has 0 aromatic heterocycles. The minimum Gasteiger partial charge on any atom is -0.481 e. The van der Waals surface area contributed by atoms with Crippen LogP contribution in [-0.4, -0.2) is 23.1 Å². The zero-order chi connectivity index (χ0) is 14.4. The first kappa shape index (κ1) is 15.8. The summed E-state index contributed by atoms with van der Waals surface area (Å²) in [7, 11) is 0. The predicted molar refractivity (Wildman–Crippen MR) is 77.6 cm³/mol. The van der Waals surface area contributed by atoms with E-state index in [4.69, 9.17) is 16.7 Å². The van der Waals surface area contributed by atoms with Gasteiger partial charge in [0.2, 0.25) is 0 Å². The number of hydrogen-bond donors (Lipinski definition) is 3. The second kappa shape index (κ2) is 7.35. The smallest absolute Gasteiger partial charge is 0.319 e. The zero-order valence-corrected chi connectivity index (χ0v) is 12.6. The van der Waals surface area contributed by atoms with E-state index in [9.17, 15) is 9.59 Å². The van der Waals surface area contributed by atoms with Gasteiger partial charge in [-0.25, -0.2) is 4.79 Å². The van der Waals surface area contributed by atoms with E-state index in [1.807, 2.05) is 0 Å². The SMILES string of the molecule is CCC(CC(=O)O)NC(=O)Nc1cc(Br)ccc1Cl. The van der Waals surface area contributed by atoms with Crippen LogP contribution in [0.5, 0.6) is 0 Å². The maximum Gasteiger partial charge on any atom is 0.319 e. The molecule has 0 aliphatic heterocycles. The zero-order valence-electron chi connectivity index (χ0n) is 10.2. The fourth-order valence-electron chi connectivity index (χ4n) is 1.45. The normalized spacial score (nSPS) is 11.7. The van der Waals surface area contributed by atoms with E-state index in [0.29, 0.717) is 17.1 Å². The standard InChI is InChI=1S/C12H14BrClN2O3/c1-2-8(6-11(17)18)15-12(19)16-10-5-7(13)3-4-9(10)14/h3-5,8H,2,6H2,1H3,(H,17,18)(H2,15,16,19). The minimum absolute atomic E-state index is 0.115. The Bertz CT molecular complexity index is 482. The molecular weight excluding hydrogens is 336 g/mol. The van der Waals surface area contributed by atoms with Crippen molar-refractivity contribution in [3.8, 4) is 0 Å². The number of aliphatic carboxylic acids is 1. The Labute approximate surface area is 124 Å². The van der Waals surface area contributed by atoms with Gasteiger partial charge < -0.3 is 15.7 Å². The summed E-state index contributed by atoms with van der Waals surface area (Å²) in [5.74, 6) is -0.951. The number of urea groups is 1. The molecule has 0 aliphatic carbocycles. The largest absolute Gasteiger partial charge is 0.481 e. The highest BCUT2D eigenvalue weighted by molar-refractivity contribution is 9.10. The molecular formula is C12H14BrClN2O3. The number of carboxylic acid groups (broad SMARTS) is 1. The Kier molecular flexibility index (Phi) is 6.11. The van der Waals surface area contributed by atoms with Crippen LogP contribution < -0.4 is 10.6 Å². The van der Waals surface area contributed by atoms with Crippen LogP contribution in [0.3, 0.4) is 0 Å². The summed E-state index contributed by atoms with van der Waals surface area (Å²) in [6, 6.07) is 4.18. The van der Waals surface area contributed by atoms with Crippen LogP contribution in [0.15, 0.2) is 22.7 Å². The van der Waals surface area contributed by atoms with Crippen molar-refractivity contribution < 1.29 is 14.7 Å². The van der Waals surface area contributed by atoms with Crippen molar-refractivity contribution in [2.24, 2.45) is 0 Å². The molecule has 0 saturated carbocycles. The van der Waals surface area contributed by atoms with Crippen molar-refractivity contribution in [2.75, 3.05) is 5.32 Å². The summed E-state index contributed by atoms with van der Waals surface area (Å²) in [4.78, 5) is 22.3. The van der Waals surface area contributed by atoms with Gasteiger partial charge in [0, 0.05) is 10.5 Å². The summed E-state index contributed by atoms with van der Waals surface area (Å²) in [6.45, 7) is 1.81. The van der Waals surface area contributed by atoms with E-state index in [1.54, 1.807) is 25.1 Å². The third kappa shape index (κ3) is 5.48. The molecule has 0 heterocycles. The highest BCUT2D eigenvalue weighted by atomic mass is 79.9. The maximum atomic E-state index is 11.7. The first-order valence-corrected chi connectivity index (χ1v) is 6.83. The summed E-state index contributed by atoms with van der Waals surface area (Å²) < 4.78 is 0.782. The molecule has 0 spiro atoms. The molecule has 2 amide bonds. The number of amides is 2. The van der Waals surface area contributed by atoms with Gasteiger partial charge in [0.15, 0.2) is 0 Å². The van der Waals surface area contributed by atoms with Gasteiger partial charge in [0.1, 0.15) is 0 Å². The fraction of sp³-hybridized carbons (Fsp3) is 0.333. The van der Waals surface area contributed by atoms with Crippen LogP contribution in [0.25, 0.3) is 0 Å². The number of halogens is 2. The lowest BCUT2D eigenvalue weighted by Gasteiger charge is -2.16. The lowest BCUT2D eigenvalue weighted by Crippen LogP contribution is -2.38. The number of hydrogen-bond acceptors (Lipinski definition) is 2. The van der Waals surface area contributed by atoms with E-state index in [1.165, 1.54) is 0 Å². The monoisotopic (exact) mass is 348 g/mol. The Morgan fingerprint density at radius 1 is 1.47 bits per heavy atom. The van der Waals surface area contributed by atoms with E-state index in [2.05, 4.69) is 26.6 Å². The Balaban J connectivity index is 2.63. The topological polar surface area (TPSA) is 78.4 Å². The summed E-state index contributed by atoms with van der Waals surface area (Å²) in [5, 5.41) is 14.3. The number of carboxylic acids is 1. The van der Waals surface area contributed by atoms with Crippen LogP contribution in [-0.2, 0) is 4.79 Å². The van der Waals surface area contributed by atoms with Crippen LogP contribution >= 0.6 is 27.5 Å². The van der Waals surface area contributed by atoms with E-state index in [-0.39, 0.29) is 6.42 Å². The van der Waals surface area contributed by atoms with Gasteiger partial charge >= 0.3 is 12.0 Å². The van der Waals surface area contributed by atoms with E-state index >= 15 is 0 Å². The maximum absolute atomic E-state index is 11.7. The number of benzene rings is 1. The van der Waals surface area contributed by atoms with Gasteiger partial charge in [-0.05, 0) is 24.6 Å². The van der Waals surface area contributed by atoms with Gasteiger partial charge in [-0.3, -0.25) is 4.79 Å². The molecule has 5 nitrogen and oxygen atoms in total. The molecule has 7 heteroatoms. The average Bonchev–Trinajstić information content (AvgIpc) is 2.32. The molecule has 0 aliphatic rings. The number of rotatable bonds is 5. The van der Waals surface area contributed by atoms with Crippen molar-refractivity contribution >= 4 is 45.2 Å². The molecule has 0 fully saturated rings. The second-order valence-electron chi connectivity index (χ2n) is 3.93. The molecule has 3 N–H and O–H groups in total. The minimum atomic E-state index is -0.951. The summed E-state index contributed by atoms with van der Waals surface area (Å²) in [6.07, 6.45) is 0.419. The number of anilines is 1. The number of carbonyl (C=O) groups excluding carboxylic acids is 1.